The summed E-state index contributed by atoms with van der Waals surface area (Å²) in [6.07, 6.45) is 4.25. The molecule has 0 spiro atoms. The Morgan fingerprint density at radius 2 is 2.09 bits per heavy atom. The summed E-state index contributed by atoms with van der Waals surface area (Å²) in [7, 11) is -3.75. The van der Waals surface area contributed by atoms with E-state index < -0.39 is 15.4 Å². The predicted octanol–water partition coefficient (Wildman–Crippen LogP) is 2.29. The molecule has 0 aliphatic heterocycles. The summed E-state index contributed by atoms with van der Waals surface area (Å²) in [5.41, 5.74) is -0.0337. The lowest BCUT2D eigenvalue weighted by atomic mass is 9.84. The normalized spacial score (nSPS) is 12.9. The van der Waals surface area contributed by atoms with E-state index in [1.54, 1.807) is 6.07 Å². The van der Waals surface area contributed by atoms with Gasteiger partial charge in [0, 0.05) is 31.0 Å². The first kappa shape index (κ1) is 17.2. The van der Waals surface area contributed by atoms with E-state index in [-0.39, 0.29) is 18.0 Å². The third-order valence-corrected chi connectivity index (χ3v) is 5.99. The van der Waals surface area contributed by atoms with Crippen molar-refractivity contribution < 1.29 is 13.5 Å². The maximum atomic E-state index is 12.6. The van der Waals surface area contributed by atoms with Gasteiger partial charge in [0.15, 0.2) is 0 Å². The van der Waals surface area contributed by atoms with Gasteiger partial charge in [0.2, 0.25) is 10.0 Å². The van der Waals surface area contributed by atoms with Crippen molar-refractivity contribution in [1.29, 1.82) is 0 Å². The topological polar surface area (TPSA) is 95.1 Å². The number of aliphatic hydroxyl groups excluding tert-OH is 1. The first-order valence-corrected chi connectivity index (χ1v) is 8.97. The molecule has 8 heteroatoms. The number of sulfonamides is 1. The second-order valence-electron chi connectivity index (χ2n) is 5.36. The minimum absolute atomic E-state index is 0.0691. The summed E-state index contributed by atoms with van der Waals surface area (Å²) in [6.45, 7) is 3.96. The molecule has 2 rings (SSSR count). The fraction of sp³-hybridized carbons (Fsp3) is 0.500. The van der Waals surface area contributed by atoms with Crippen LogP contribution in [0.5, 0.6) is 0 Å². The Kier molecular flexibility index (Phi) is 5.11. The number of nitrogens with one attached hydrogen (secondary N) is 2. The molecule has 0 radical (unpaired) electrons. The molecule has 2 heterocycles. The van der Waals surface area contributed by atoms with Gasteiger partial charge >= 0.3 is 0 Å². The number of hydrogen-bond acceptors (Lipinski definition) is 4. The molecule has 0 aliphatic rings. The van der Waals surface area contributed by atoms with Crippen LogP contribution in [0.4, 0.5) is 0 Å². The third-order valence-electron chi connectivity index (χ3n) is 4.25. The number of nitrogens with zero attached hydrogens (tertiary/aromatic N) is 1. The average molecular weight is 346 g/mol. The van der Waals surface area contributed by atoms with Crippen LogP contribution in [0.3, 0.4) is 0 Å². The largest absolute Gasteiger partial charge is 0.396 e. The Morgan fingerprint density at radius 3 is 2.68 bits per heavy atom. The van der Waals surface area contributed by atoms with Crippen molar-refractivity contribution in [1.82, 2.24) is 14.7 Å². The Labute approximate surface area is 135 Å². The molecule has 122 valence electrons. The quantitative estimate of drug-likeness (QED) is 0.717. The molecule has 0 saturated heterocycles. The van der Waals surface area contributed by atoms with Gasteiger partial charge in [0.05, 0.1) is 10.4 Å². The summed E-state index contributed by atoms with van der Waals surface area (Å²) in [4.78, 5) is 6.94. The van der Waals surface area contributed by atoms with Gasteiger partial charge in [-0.1, -0.05) is 25.4 Å². The average Bonchev–Trinajstić information content (AvgIpc) is 2.96. The van der Waals surface area contributed by atoms with Gasteiger partial charge in [-0.05, 0) is 18.9 Å². The summed E-state index contributed by atoms with van der Waals surface area (Å²) in [5, 5.41) is 10.2. The second-order valence-corrected chi connectivity index (χ2v) is 7.50. The standard InChI is InChI=1S/C14H20ClN3O3S/c1-3-14(4-2,9-19)8-18-22(20,21)11-7-17-13-12(11)10(15)5-6-16-13/h5-7,18-19H,3-4,8-9H2,1-2H3,(H,16,17). The number of H-pyrrole nitrogens is 1. The predicted molar refractivity (Wildman–Crippen MR) is 86.4 cm³/mol. The zero-order chi connectivity index (χ0) is 16.4. The Hall–Kier alpha value is -1.15. The van der Waals surface area contributed by atoms with E-state index in [1.807, 2.05) is 13.8 Å². The smallest absolute Gasteiger partial charge is 0.242 e. The molecular weight excluding hydrogens is 326 g/mol. The van der Waals surface area contributed by atoms with E-state index in [0.717, 1.165) is 0 Å². The minimum atomic E-state index is -3.75. The molecule has 6 nitrogen and oxygen atoms in total. The van der Waals surface area contributed by atoms with E-state index in [0.29, 0.717) is 28.9 Å². The summed E-state index contributed by atoms with van der Waals surface area (Å²) in [6, 6.07) is 1.55. The van der Waals surface area contributed by atoms with E-state index in [2.05, 4.69) is 14.7 Å². The molecule has 0 fully saturated rings. The monoisotopic (exact) mass is 345 g/mol. The molecule has 0 amide bonds. The molecule has 22 heavy (non-hydrogen) atoms. The maximum absolute atomic E-state index is 12.6. The fourth-order valence-electron chi connectivity index (χ4n) is 2.31. The molecule has 0 atom stereocenters. The SMILES string of the molecule is CCC(CC)(CO)CNS(=O)(=O)c1c[nH]c2nccc(Cl)c12. The van der Waals surface area contributed by atoms with Crippen LogP contribution >= 0.6 is 11.6 Å². The maximum Gasteiger partial charge on any atom is 0.242 e. The second kappa shape index (κ2) is 6.54. The summed E-state index contributed by atoms with van der Waals surface area (Å²) < 4.78 is 27.7. The van der Waals surface area contributed by atoms with Crippen LogP contribution in [0.25, 0.3) is 11.0 Å². The van der Waals surface area contributed by atoms with Crippen LogP contribution in [0.15, 0.2) is 23.4 Å². The van der Waals surface area contributed by atoms with Crippen LogP contribution in [-0.2, 0) is 10.0 Å². The number of fused-ring (bicyclic) bond motifs is 1. The lowest BCUT2D eigenvalue weighted by molar-refractivity contribution is 0.119. The fourth-order valence-corrected chi connectivity index (χ4v) is 3.95. The molecule has 2 aromatic heterocycles. The first-order chi connectivity index (χ1) is 10.4. The van der Waals surface area contributed by atoms with Crippen molar-refractivity contribution in [2.24, 2.45) is 5.41 Å². The molecule has 0 saturated carbocycles. The van der Waals surface area contributed by atoms with Crippen LogP contribution in [-0.4, -0.2) is 36.6 Å². The highest BCUT2D eigenvalue weighted by Crippen LogP contribution is 2.29. The van der Waals surface area contributed by atoms with Gasteiger partial charge in [0.25, 0.3) is 0 Å². The van der Waals surface area contributed by atoms with E-state index >= 15 is 0 Å². The van der Waals surface area contributed by atoms with Crippen molar-refractivity contribution in [3.63, 3.8) is 0 Å². The molecule has 2 aromatic rings. The van der Waals surface area contributed by atoms with E-state index in [4.69, 9.17) is 11.6 Å². The molecular formula is C14H20ClN3O3S. The summed E-state index contributed by atoms with van der Waals surface area (Å²) in [5.74, 6) is 0. The van der Waals surface area contributed by atoms with Crippen molar-refractivity contribution >= 4 is 32.7 Å². The number of halogens is 1. The van der Waals surface area contributed by atoms with Crippen molar-refractivity contribution in [2.75, 3.05) is 13.2 Å². The zero-order valence-electron chi connectivity index (χ0n) is 12.6. The number of aliphatic hydroxyl groups is 1. The number of aromatic amines is 1. The highest BCUT2D eigenvalue weighted by molar-refractivity contribution is 7.89. The third kappa shape index (κ3) is 3.12. The van der Waals surface area contributed by atoms with Crippen molar-refractivity contribution in [2.45, 2.75) is 31.6 Å². The van der Waals surface area contributed by atoms with Crippen LogP contribution < -0.4 is 4.72 Å². The lowest BCUT2D eigenvalue weighted by Gasteiger charge is -2.29. The van der Waals surface area contributed by atoms with Gasteiger partial charge in [-0.25, -0.2) is 18.1 Å². The van der Waals surface area contributed by atoms with Crippen molar-refractivity contribution in [3.8, 4) is 0 Å². The zero-order valence-corrected chi connectivity index (χ0v) is 14.1. The van der Waals surface area contributed by atoms with Crippen LogP contribution in [0.2, 0.25) is 5.02 Å². The van der Waals surface area contributed by atoms with Crippen molar-refractivity contribution in [3.05, 3.63) is 23.5 Å². The molecule has 0 unspecified atom stereocenters. The van der Waals surface area contributed by atoms with E-state index in [9.17, 15) is 13.5 Å². The molecule has 3 N–H and O–H groups in total. The van der Waals surface area contributed by atoms with Gasteiger partial charge < -0.3 is 10.1 Å². The lowest BCUT2D eigenvalue weighted by Crippen LogP contribution is -2.39. The van der Waals surface area contributed by atoms with Crippen LogP contribution in [0, 0.1) is 5.41 Å². The van der Waals surface area contributed by atoms with Gasteiger partial charge in [0.1, 0.15) is 10.5 Å². The van der Waals surface area contributed by atoms with Gasteiger partial charge in [-0.15, -0.1) is 0 Å². The highest BCUT2D eigenvalue weighted by atomic mass is 35.5. The van der Waals surface area contributed by atoms with Crippen LogP contribution in [0.1, 0.15) is 26.7 Å². The Balaban J connectivity index is 2.34. The van der Waals surface area contributed by atoms with Gasteiger partial charge in [-0.2, -0.15) is 0 Å². The van der Waals surface area contributed by atoms with E-state index in [1.165, 1.54) is 12.4 Å². The number of pyridine rings is 1. The molecule has 0 bridgehead atoms. The molecule has 0 aromatic carbocycles. The minimum Gasteiger partial charge on any atom is -0.396 e. The number of hydrogen-bond donors (Lipinski definition) is 3. The van der Waals surface area contributed by atoms with Gasteiger partial charge in [-0.3, -0.25) is 0 Å². The number of aromatic nitrogens is 2. The highest BCUT2D eigenvalue weighted by Gasteiger charge is 2.29. The molecule has 0 aliphatic carbocycles. The first-order valence-electron chi connectivity index (χ1n) is 7.11. The Bertz CT molecular complexity index is 746. The Morgan fingerprint density at radius 1 is 1.41 bits per heavy atom. The summed E-state index contributed by atoms with van der Waals surface area (Å²) >= 11 is 6.09. The number of rotatable bonds is 7.